The van der Waals surface area contributed by atoms with Crippen molar-refractivity contribution in [2.45, 2.75) is 203 Å². The van der Waals surface area contributed by atoms with Gasteiger partial charge in [0.25, 0.3) is 0 Å². The summed E-state index contributed by atoms with van der Waals surface area (Å²) in [5, 5.41) is 33.0. The average Bonchev–Trinajstić information content (AvgIpc) is 1.81. The molecule has 0 aromatic heterocycles. The summed E-state index contributed by atoms with van der Waals surface area (Å²) in [4.78, 5) is 190. The van der Waals surface area contributed by atoms with E-state index in [-0.39, 0.29) is 155 Å². The molecule has 31 heteroatoms. The van der Waals surface area contributed by atoms with Crippen molar-refractivity contribution in [2.75, 3.05) is 101 Å². The monoisotopic (exact) mass is 1480 g/mol. The lowest BCUT2D eigenvalue weighted by atomic mass is 9.84. The van der Waals surface area contributed by atoms with Crippen molar-refractivity contribution >= 4 is 82.9 Å². The number of hydrogen-bond acceptors (Lipinski definition) is 19. The molecule has 1 aliphatic heterocycles. The number of methoxy groups -OCH3 is 1. The summed E-state index contributed by atoms with van der Waals surface area (Å²) in [6.45, 7) is 24.6. The van der Waals surface area contributed by atoms with Gasteiger partial charge in [-0.15, -0.1) is 0 Å². The molecule has 11 amide bonds. The van der Waals surface area contributed by atoms with Crippen LogP contribution in [0.1, 0.15) is 160 Å². The maximum absolute atomic E-state index is 14.4. The molecule has 1 saturated heterocycles. The molecule has 10 N–H and O–H groups in total. The number of rotatable bonds is 49. The molecule has 2 rings (SSSR count). The third-order valence-corrected chi connectivity index (χ3v) is 18.4. The fourth-order valence-electron chi connectivity index (χ4n) is 12.4. The minimum absolute atomic E-state index is 0.00777. The maximum atomic E-state index is 14.4. The highest BCUT2D eigenvalue weighted by Gasteiger charge is 2.42. The molecule has 0 radical (unpaired) electrons. The van der Waals surface area contributed by atoms with Crippen LogP contribution in [0.5, 0.6) is 0 Å². The topological polar surface area (TPSA) is 414 Å². The molecule has 105 heavy (non-hydrogen) atoms. The number of likely N-dealkylation sites (N-methyl/N-ethyl adjacent to an activating group) is 2. The van der Waals surface area contributed by atoms with Crippen LogP contribution >= 0.6 is 0 Å². The molecule has 0 saturated carbocycles. The number of esters is 1. The number of amides is 11. The Morgan fingerprint density at radius 1 is 0.629 bits per heavy atom. The standard InChI is InChI=1S/C74H124N12O19/c1-18-47(6)65(85(16)70(97)63(45(2)3)83-69(96)64(46(4)5)84(14)15)48(7)38-62(92)86-34-22-26-57(86)49(8)50(9)66(93)82-55(39-52-24-20-19-21-25-52)68(95)76-30-23-35-104-72(100)51(10)80-61(91)41-56(71(98)99)81-60(90)28-32-78-73(101)105-43-53(67(94)77-33-37-102-17)40-54(87)42-79-58(88)27-31-75-59(89)29-36-103-44-74(11,12)13/h19-21,24-25,45-51,53,55-57,63-65H,18,22-23,26-44H2,1-17H3,(H,75,89)(H,76,95)(H,77,94)(H,78,101)(H,79,88)(H,80,91)(H,81,90)(H,82,93)(H,83,96)(H,98,99)/t47-,48+,49+,50+,51-,53-,55-,56-,57-,63-,64-,65-/m0/s1. The van der Waals surface area contributed by atoms with Gasteiger partial charge in [0.05, 0.1) is 51.4 Å². The molecule has 12 atom stereocenters. The van der Waals surface area contributed by atoms with E-state index in [1.165, 1.54) is 14.0 Å². The first kappa shape index (κ1) is 92.8. The van der Waals surface area contributed by atoms with Crippen LogP contribution in [0, 0.1) is 46.8 Å². The maximum Gasteiger partial charge on any atom is 0.407 e. The Morgan fingerprint density at radius 3 is 1.88 bits per heavy atom. The molecule has 1 fully saturated rings. The van der Waals surface area contributed by atoms with E-state index in [9.17, 15) is 72.2 Å². The normalized spacial score (nSPS) is 16.1. The van der Waals surface area contributed by atoms with E-state index in [0.29, 0.717) is 19.6 Å². The number of nitrogens with zero attached hydrogens (tertiary/aromatic N) is 3. The highest BCUT2D eigenvalue weighted by Crippen LogP contribution is 2.32. The van der Waals surface area contributed by atoms with E-state index in [1.807, 2.05) is 123 Å². The van der Waals surface area contributed by atoms with Gasteiger partial charge in [-0.3, -0.25) is 57.6 Å². The van der Waals surface area contributed by atoms with Gasteiger partial charge in [-0.1, -0.05) is 120 Å². The summed E-state index contributed by atoms with van der Waals surface area (Å²) in [6, 6.07) is 3.25. The Balaban J connectivity index is 1.94. The van der Waals surface area contributed by atoms with E-state index in [4.69, 9.17) is 18.9 Å². The number of aliphatic carboxylic acids is 1. The lowest BCUT2D eigenvalue weighted by Crippen LogP contribution is -2.58. The molecule has 0 aliphatic carbocycles. The van der Waals surface area contributed by atoms with Crippen LogP contribution in [0.3, 0.4) is 0 Å². The summed E-state index contributed by atoms with van der Waals surface area (Å²) in [5.41, 5.74) is 0.722. The van der Waals surface area contributed by atoms with E-state index in [0.717, 1.165) is 18.4 Å². The summed E-state index contributed by atoms with van der Waals surface area (Å²) in [6.07, 6.45) is -0.271. The number of ether oxygens (including phenoxy) is 4. The number of nitrogens with one attached hydrogen (secondary N) is 9. The van der Waals surface area contributed by atoms with E-state index in [1.54, 1.807) is 18.9 Å². The number of carboxylic acids is 1. The van der Waals surface area contributed by atoms with Gasteiger partial charge in [-0.25, -0.2) is 14.4 Å². The summed E-state index contributed by atoms with van der Waals surface area (Å²) >= 11 is 0. The number of hydrogen-bond donors (Lipinski definition) is 10. The van der Waals surface area contributed by atoms with Gasteiger partial charge in [0.1, 0.15) is 30.8 Å². The Hall–Kier alpha value is -8.32. The molecule has 1 heterocycles. The van der Waals surface area contributed by atoms with Crippen LogP contribution in [-0.2, 0) is 87.7 Å². The fraction of sp³-hybridized carbons (Fsp3) is 0.730. The Morgan fingerprint density at radius 2 is 1.27 bits per heavy atom. The van der Waals surface area contributed by atoms with Crippen molar-refractivity contribution in [1.29, 1.82) is 0 Å². The zero-order chi connectivity index (χ0) is 79.3. The van der Waals surface area contributed by atoms with Crippen molar-refractivity contribution in [3.05, 3.63) is 35.9 Å². The van der Waals surface area contributed by atoms with Crippen molar-refractivity contribution in [1.82, 2.24) is 62.6 Å². The average molecular weight is 1490 g/mol. The van der Waals surface area contributed by atoms with Crippen LogP contribution < -0.4 is 47.9 Å². The molecule has 1 aromatic carbocycles. The highest BCUT2D eigenvalue weighted by atomic mass is 16.5. The largest absolute Gasteiger partial charge is 0.480 e. The lowest BCUT2D eigenvalue weighted by Gasteiger charge is -2.40. The second kappa shape index (κ2) is 48.0. The third-order valence-electron chi connectivity index (χ3n) is 18.4. The van der Waals surface area contributed by atoms with Crippen LogP contribution in [0.15, 0.2) is 30.3 Å². The molecule has 31 nitrogen and oxygen atoms in total. The minimum atomic E-state index is -1.76. The van der Waals surface area contributed by atoms with Gasteiger partial charge in [-0.2, -0.15) is 0 Å². The number of alkyl carbamates (subject to hydrolysis) is 1. The van der Waals surface area contributed by atoms with Gasteiger partial charge in [0.2, 0.25) is 59.1 Å². The van der Waals surface area contributed by atoms with Crippen LogP contribution in [0.4, 0.5) is 4.79 Å². The summed E-state index contributed by atoms with van der Waals surface area (Å²) in [7, 11) is 6.84. The summed E-state index contributed by atoms with van der Waals surface area (Å²) in [5.74, 6) is -10.4. The van der Waals surface area contributed by atoms with E-state index < -0.39 is 128 Å². The lowest BCUT2D eigenvalue weighted by molar-refractivity contribution is -0.148. The third kappa shape index (κ3) is 35.1. The first-order valence-electron chi connectivity index (χ1n) is 36.8. The quantitative estimate of drug-likeness (QED) is 0.0331. The van der Waals surface area contributed by atoms with Crippen molar-refractivity contribution < 1.29 is 91.2 Å². The van der Waals surface area contributed by atoms with Gasteiger partial charge < -0.3 is 81.7 Å². The van der Waals surface area contributed by atoms with Gasteiger partial charge in [0.15, 0.2) is 5.78 Å². The zero-order valence-corrected chi connectivity index (χ0v) is 65.2. The van der Waals surface area contributed by atoms with Gasteiger partial charge in [-0.05, 0) is 80.8 Å². The number of likely N-dealkylation sites (tertiary alicyclic amines) is 1. The molecule has 1 aliphatic rings. The zero-order valence-electron chi connectivity index (χ0n) is 65.2. The number of Topliss-reactive ketones (excluding diaryl/α,β-unsaturated/α-hetero) is 1. The first-order valence-corrected chi connectivity index (χ1v) is 36.8. The van der Waals surface area contributed by atoms with Crippen LogP contribution in [0.2, 0.25) is 0 Å². The molecule has 1 aromatic rings. The Kier molecular flexibility index (Phi) is 42.4. The second-order valence-electron chi connectivity index (χ2n) is 29.6. The SMILES string of the molecule is CC[C@H](C)[C@@H]([C@H](C)CC(=O)N1CCC[C@H]1[C@H](C)[C@@H](C)C(=O)N[C@@H](Cc1ccccc1)C(=O)NCCCOC(=O)[C@H](C)NC(=O)C[C@H](NC(=O)CCNC(=O)OC[C@H](CC(=O)CNC(=O)CCNC(=O)CCOCC(C)(C)C)C(=O)NCCOC)C(=O)O)N(C)C(=O)[C@@H](NC(=O)[C@H](C(C)C)N(C)C)C(C)C. The molecule has 0 unspecified atom stereocenters. The predicted molar refractivity (Wildman–Crippen MR) is 392 cm³/mol. The summed E-state index contributed by atoms with van der Waals surface area (Å²) < 4.78 is 20.9. The molecule has 0 bridgehead atoms. The van der Waals surface area contributed by atoms with Crippen molar-refractivity contribution in [2.24, 2.45) is 46.8 Å². The van der Waals surface area contributed by atoms with Crippen LogP contribution in [0.25, 0.3) is 0 Å². The number of carbonyl (C=O) groups is 14. The van der Waals surface area contributed by atoms with Crippen LogP contribution in [-0.4, -0.2) is 246 Å². The van der Waals surface area contributed by atoms with E-state index in [2.05, 4.69) is 54.8 Å². The number of benzene rings is 1. The van der Waals surface area contributed by atoms with E-state index >= 15 is 0 Å². The minimum Gasteiger partial charge on any atom is -0.480 e. The number of ketones is 1. The smallest absolute Gasteiger partial charge is 0.407 e. The molecule has 594 valence electrons. The molecule has 0 spiro atoms. The molecular formula is C74H124N12O19. The molecular weight excluding hydrogens is 1360 g/mol. The Bertz CT molecular complexity index is 2980. The number of carbonyl (C=O) groups excluding carboxylic acids is 13. The second-order valence-corrected chi connectivity index (χ2v) is 29.6. The first-order chi connectivity index (χ1) is 49.3. The predicted octanol–water partition coefficient (Wildman–Crippen LogP) is 2.65. The van der Waals surface area contributed by atoms with Gasteiger partial charge >= 0.3 is 18.0 Å². The fourth-order valence-corrected chi connectivity index (χ4v) is 12.4. The van der Waals surface area contributed by atoms with Gasteiger partial charge in [0, 0.05) is 103 Å². The Labute approximate surface area is 620 Å². The highest BCUT2D eigenvalue weighted by molar-refractivity contribution is 5.93. The van der Waals surface area contributed by atoms with Crippen molar-refractivity contribution in [3.63, 3.8) is 0 Å². The van der Waals surface area contributed by atoms with Crippen molar-refractivity contribution in [3.8, 4) is 0 Å². The number of carboxylic acid groups (broad SMARTS) is 1.